The van der Waals surface area contributed by atoms with Crippen LogP contribution in [-0.4, -0.2) is 11.6 Å². The van der Waals surface area contributed by atoms with Crippen molar-refractivity contribution in [3.05, 3.63) is 0 Å². The average Bonchev–Trinajstić information content (AvgIpc) is 2.05. The van der Waals surface area contributed by atoms with Crippen LogP contribution in [0.5, 0.6) is 0 Å². The van der Waals surface area contributed by atoms with E-state index in [4.69, 9.17) is 5.73 Å². The highest BCUT2D eigenvalue weighted by atomic mass is 16.2. The van der Waals surface area contributed by atoms with Gasteiger partial charge >= 0.3 is 6.03 Å². The molecule has 2 amide bonds. The van der Waals surface area contributed by atoms with Crippen LogP contribution in [0.15, 0.2) is 0 Å². The highest BCUT2D eigenvalue weighted by Crippen LogP contribution is 2.43. The quantitative estimate of drug-likeness (QED) is 0.610. The van der Waals surface area contributed by atoms with Crippen molar-refractivity contribution in [1.82, 2.24) is 5.32 Å². The second kappa shape index (κ2) is 2.64. The molecule has 0 atom stereocenters. The van der Waals surface area contributed by atoms with Gasteiger partial charge in [0.25, 0.3) is 0 Å². The number of amides is 2. The van der Waals surface area contributed by atoms with Gasteiger partial charge in [-0.15, -0.1) is 0 Å². The van der Waals surface area contributed by atoms with Gasteiger partial charge in [0.1, 0.15) is 0 Å². The monoisotopic (exact) mass is 168 g/mol. The minimum atomic E-state index is -0.352. The molecule has 0 aromatic heterocycles. The Morgan fingerprint density at radius 2 is 1.75 bits per heavy atom. The highest BCUT2D eigenvalue weighted by Gasteiger charge is 2.40. The number of hydrogen-bond donors (Lipinski definition) is 2. The maximum Gasteiger partial charge on any atom is 0.312 e. The molecule has 3 fully saturated rings. The van der Waals surface area contributed by atoms with Gasteiger partial charge in [0.15, 0.2) is 0 Å². The van der Waals surface area contributed by atoms with E-state index in [0.717, 1.165) is 25.2 Å². The molecule has 3 rings (SSSR count). The third-order valence-electron chi connectivity index (χ3n) is 3.48. The number of hydrogen-bond acceptors (Lipinski definition) is 1. The van der Waals surface area contributed by atoms with E-state index in [0.29, 0.717) is 0 Å². The molecule has 12 heavy (non-hydrogen) atoms. The molecule has 68 valence electrons. The number of urea groups is 1. The lowest BCUT2D eigenvalue weighted by Crippen LogP contribution is -2.55. The fraction of sp³-hybridized carbons (Fsp3) is 0.889. The lowest BCUT2D eigenvalue weighted by Gasteiger charge is -2.46. The third-order valence-corrected chi connectivity index (χ3v) is 3.48. The van der Waals surface area contributed by atoms with Crippen LogP contribution in [0.4, 0.5) is 4.79 Å². The normalized spacial score (nSPS) is 39.5. The Morgan fingerprint density at radius 3 is 2.17 bits per heavy atom. The maximum atomic E-state index is 10.8. The zero-order valence-corrected chi connectivity index (χ0v) is 7.31. The summed E-state index contributed by atoms with van der Waals surface area (Å²) in [6.07, 6.45) is 7.25. The number of rotatable bonds is 1. The van der Waals surface area contributed by atoms with Crippen molar-refractivity contribution < 1.29 is 4.79 Å². The topological polar surface area (TPSA) is 55.1 Å². The van der Waals surface area contributed by atoms with Crippen molar-refractivity contribution in [2.24, 2.45) is 11.7 Å². The predicted octanol–water partition coefficient (Wildman–Crippen LogP) is 1.38. The van der Waals surface area contributed by atoms with E-state index in [1.807, 2.05) is 0 Å². The fourth-order valence-corrected chi connectivity index (χ4v) is 2.70. The molecule has 3 N–H and O–H groups in total. The van der Waals surface area contributed by atoms with Gasteiger partial charge in [-0.25, -0.2) is 4.79 Å². The van der Waals surface area contributed by atoms with Crippen LogP contribution in [-0.2, 0) is 0 Å². The van der Waals surface area contributed by atoms with Crippen LogP contribution in [0.3, 0.4) is 0 Å². The van der Waals surface area contributed by atoms with Crippen molar-refractivity contribution in [3.8, 4) is 0 Å². The maximum absolute atomic E-state index is 10.8. The fourth-order valence-electron chi connectivity index (χ4n) is 2.70. The second-order valence-corrected chi connectivity index (χ2v) is 4.25. The number of carbonyl (C=O) groups excluding carboxylic acids is 1. The van der Waals surface area contributed by atoms with Gasteiger partial charge in [-0.2, -0.15) is 0 Å². The van der Waals surface area contributed by atoms with Crippen LogP contribution >= 0.6 is 0 Å². The lowest BCUT2D eigenvalue weighted by atomic mass is 9.66. The number of carbonyl (C=O) groups is 1. The summed E-state index contributed by atoms with van der Waals surface area (Å²) >= 11 is 0. The van der Waals surface area contributed by atoms with Crippen molar-refractivity contribution in [3.63, 3.8) is 0 Å². The van der Waals surface area contributed by atoms with Gasteiger partial charge < -0.3 is 11.1 Å². The minimum absolute atomic E-state index is 0.0839. The van der Waals surface area contributed by atoms with E-state index in [1.165, 1.54) is 19.3 Å². The third kappa shape index (κ3) is 1.28. The smallest absolute Gasteiger partial charge is 0.312 e. The summed E-state index contributed by atoms with van der Waals surface area (Å²) in [7, 11) is 0. The van der Waals surface area contributed by atoms with E-state index in [9.17, 15) is 4.79 Å². The summed E-state index contributed by atoms with van der Waals surface area (Å²) in [6, 6.07) is -0.352. The van der Waals surface area contributed by atoms with Gasteiger partial charge in [-0.3, -0.25) is 0 Å². The largest absolute Gasteiger partial charge is 0.352 e. The molecule has 2 bridgehead atoms. The summed E-state index contributed by atoms with van der Waals surface area (Å²) in [6.45, 7) is 0. The molecule has 3 aliphatic carbocycles. The lowest BCUT2D eigenvalue weighted by molar-refractivity contribution is 0.113. The minimum Gasteiger partial charge on any atom is -0.352 e. The Bertz CT molecular complexity index is 181. The molecule has 0 unspecified atom stereocenters. The molecule has 0 aromatic rings. The van der Waals surface area contributed by atoms with Crippen molar-refractivity contribution >= 4 is 6.03 Å². The van der Waals surface area contributed by atoms with Gasteiger partial charge in [-0.05, 0) is 44.4 Å². The van der Waals surface area contributed by atoms with Crippen LogP contribution in [0.1, 0.15) is 38.5 Å². The molecule has 0 heterocycles. The van der Waals surface area contributed by atoms with Crippen LogP contribution in [0.2, 0.25) is 0 Å². The van der Waals surface area contributed by atoms with Crippen LogP contribution in [0.25, 0.3) is 0 Å². The van der Waals surface area contributed by atoms with Crippen molar-refractivity contribution in [1.29, 1.82) is 0 Å². The van der Waals surface area contributed by atoms with E-state index in [2.05, 4.69) is 5.32 Å². The summed E-state index contributed by atoms with van der Waals surface area (Å²) in [5.74, 6) is 0.932. The van der Waals surface area contributed by atoms with Crippen molar-refractivity contribution in [2.45, 2.75) is 44.1 Å². The predicted molar refractivity (Wildman–Crippen MR) is 46.6 cm³/mol. The molecule has 0 radical (unpaired) electrons. The standard InChI is InChI=1S/C9H16N2O/c10-8(12)11-9-4-1-7(2-5-9)3-6-9/h7H,1-6H2,(H3,10,11,12). The molecule has 3 nitrogen and oxygen atoms in total. The number of nitrogens with one attached hydrogen (secondary N) is 1. The van der Waals surface area contributed by atoms with Crippen LogP contribution < -0.4 is 11.1 Å². The van der Waals surface area contributed by atoms with Gasteiger partial charge in [0, 0.05) is 5.54 Å². The Hall–Kier alpha value is -0.730. The number of primary amides is 1. The SMILES string of the molecule is NC(=O)NC12CCC(CC1)CC2. The number of fused-ring (bicyclic) bond motifs is 3. The number of nitrogens with two attached hydrogens (primary N) is 1. The summed E-state index contributed by atoms with van der Waals surface area (Å²) in [4.78, 5) is 10.8. The molecular formula is C9H16N2O. The Kier molecular flexibility index (Phi) is 1.74. The second-order valence-electron chi connectivity index (χ2n) is 4.25. The molecule has 0 saturated heterocycles. The Morgan fingerprint density at radius 1 is 1.25 bits per heavy atom. The molecule has 3 heteroatoms. The molecular weight excluding hydrogens is 152 g/mol. The van der Waals surface area contributed by atoms with Crippen LogP contribution in [0, 0.1) is 5.92 Å². The summed E-state index contributed by atoms with van der Waals surface area (Å²) < 4.78 is 0. The molecule has 0 aromatic carbocycles. The van der Waals surface area contributed by atoms with Crippen molar-refractivity contribution in [2.75, 3.05) is 0 Å². The first-order valence-corrected chi connectivity index (χ1v) is 4.78. The first kappa shape index (κ1) is 7.90. The Balaban J connectivity index is 2.03. The van der Waals surface area contributed by atoms with Gasteiger partial charge in [-0.1, -0.05) is 0 Å². The summed E-state index contributed by atoms with van der Waals surface area (Å²) in [5, 5.41) is 2.92. The van der Waals surface area contributed by atoms with E-state index < -0.39 is 0 Å². The molecule has 0 aliphatic heterocycles. The van der Waals surface area contributed by atoms with Gasteiger partial charge in [0.2, 0.25) is 0 Å². The first-order valence-electron chi connectivity index (χ1n) is 4.78. The highest BCUT2D eigenvalue weighted by molar-refractivity contribution is 5.72. The molecule has 3 saturated carbocycles. The first-order chi connectivity index (χ1) is 5.70. The summed E-state index contributed by atoms with van der Waals surface area (Å²) in [5.41, 5.74) is 5.24. The zero-order chi connectivity index (χ0) is 8.60. The average molecular weight is 168 g/mol. The molecule has 3 aliphatic rings. The van der Waals surface area contributed by atoms with E-state index in [-0.39, 0.29) is 11.6 Å². The zero-order valence-electron chi connectivity index (χ0n) is 7.31. The van der Waals surface area contributed by atoms with E-state index >= 15 is 0 Å². The molecule has 0 spiro atoms. The van der Waals surface area contributed by atoms with Gasteiger partial charge in [0.05, 0.1) is 0 Å². The van der Waals surface area contributed by atoms with E-state index in [1.54, 1.807) is 0 Å². The Labute approximate surface area is 72.7 Å².